The molecule has 1 aliphatic rings. The minimum absolute atomic E-state index is 0.0875. The van der Waals surface area contributed by atoms with Crippen LogP contribution in [0.3, 0.4) is 0 Å². The van der Waals surface area contributed by atoms with E-state index in [1.165, 1.54) is 0 Å². The average molecular weight is 532 g/mol. The SMILES string of the molecule is Nc1nc(=O)n([C@H]2C[C@H](O)[C@@H](NOP(=O)(OCc3ccccc3)OCc3ccccc3)O2)cc1C(=O)O. The van der Waals surface area contributed by atoms with Crippen LogP contribution in [0.1, 0.15) is 34.1 Å². The van der Waals surface area contributed by atoms with Gasteiger partial charge in [-0.3, -0.25) is 13.6 Å². The number of aliphatic hydroxyl groups is 1. The molecule has 4 rings (SSSR count). The van der Waals surface area contributed by atoms with E-state index in [1.807, 2.05) is 12.1 Å². The van der Waals surface area contributed by atoms with Gasteiger partial charge in [-0.1, -0.05) is 60.7 Å². The highest BCUT2D eigenvalue weighted by molar-refractivity contribution is 7.48. The molecule has 1 aliphatic heterocycles. The number of phosphoric ester groups is 1. The van der Waals surface area contributed by atoms with E-state index < -0.39 is 49.4 Å². The predicted molar refractivity (Wildman–Crippen MR) is 129 cm³/mol. The Morgan fingerprint density at radius 3 is 2.22 bits per heavy atom. The van der Waals surface area contributed by atoms with Crippen LogP contribution >= 0.6 is 7.82 Å². The topological polar surface area (TPSA) is 184 Å². The molecule has 3 aromatic rings. The molecular weight excluding hydrogens is 507 g/mol. The standard InChI is InChI=1S/C23H25N4O9P/c24-20-17(22(29)30)12-27(23(31)25-20)19-11-18(28)21(35-19)26-36-37(32,33-13-15-7-3-1-4-8-15)34-14-16-9-5-2-6-10-16/h1-10,12,18-19,21,26,28H,11,13-14H2,(H,29,30)(H2,24,25,31)/t18-,19+,21-/m0/s1. The molecule has 2 heterocycles. The van der Waals surface area contributed by atoms with E-state index in [9.17, 15) is 24.4 Å². The van der Waals surface area contributed by atoms with Crippen molar-refractivity contribution >= 4 is 19.6 Å². The Balaban J connectivity index is 1.45. The van der Waals surface area contributed by atoms with E-state index in [-0.39, 0.29) is 19.6 Å². The molecule has 0 saturated carbocycles. The van der Waals surface area contributed by atoms with Crippen molar-refractivity contribution in [2.75, 3.05) is 5.73 Å². The van der Waals surface area contributed by atoms with Crippen LogP contribution in [0.15, 0.2) is 71.7 Å². The number of carboxylic acids is 1. The molecule has 1 fully saturated rings. The van der Waals surface area contributed by atoms with E-state index >= 15 is 0 Å². The normalized spacial score (nSPS) is 19.6. The number of anilines is 1. The number of aromatic carboxylic acids is 1. The number of benzene rings is 2. The molecule has 1 saturated heterocycles. The maximum Gasteiger partial charge on any atom is 0.492 e. The number of rotatable bonds is 11. The van der Waals surface area contributed by atoms with Crippen molar-refractivity contribution in [3.63, 3.8) is 0 Å². The summed E-state index contributed by atoms with van der Waals surface area (Å²) in [7, 11) is -4.24. The first-order valence-electron chi connectivity index (χ1n) is 11.1. The smallest absolute Gasteiger partial charge is 0.478 e. The first-order chi connectivity index (χ1) is 17.7. The number of carbonyl (C=O) groups is 1. The summed E-state index contributed by atoms with van der Waals surface area (Å²) in [4.78, 5) is 27.1. The lowest BCUT2D eigenvalue weighted by Crippen LogP contribution is -2.37. The second kappa shape index (κ2) is 11.8. The van der Waals surface area contributed by atoms with E-state index in [0.29, 0.717) is 0 Å². The lowest BCUT2D eigenvalue weighted by molar-refractivity contribution is -0.0969. The first kappa shape index (κ1) is 26.6. The van der Waals surface area contributed by atoms with Gasteiger partial charge in [0.1, 0.15) is 17.6 Å². The van der Waals surface area contributed by atoms with Gasteiger partial charge in [0.05, 0.1) is 19.3 Å². The summed E-state index contributed by atoms with van der Waals surface area (Å²) in [6.45, 7) is -0.175. The fraction of sp³-hybridized carbons (Fsp3) is 0.261. The van der Waals surface area contributed by atoms with Crippen LogP contribution in [0.4, 0.5) is 5.82 Å². The van der Waals surface area contributed by atoms with Crippen LogP contribution in [0.2, 0.25) is 0 Å². The number of carboxylic acid groups (broad SMARTS) is 1. The number of ether oxygens (including phenoxy) is 1. The Morgan fingerprint density at radius 2 is 1.68 bits per heavy atom. The highest BCUT2D eigenvalue weighted by atomic mass is 31.2. The molecule has 0 bridgehead atoms. The summed E-state index contributed by atoms with van der Waals surface area (Å²) in [5.74, 6) is -1.83. The minimum atomic E-state index is -4.24. The van der Waals surface area contributed by atoms with Crippen molar-refractivity contribution in [2.45, 2.75) is 38.2 Å². The molecule has 37 heavy (non-hydrogen) atoms. The van der Waals surface area contributed by atoms with Crippen LogP contribution in [-0.4, -0.2) is 38.1 Å². The molecule has 3 atom stereocenters. The molecule has 0 aliphatic carbocycles. The molecule has 2 aromatic carbocycles. The number of hydroxylamine groups is 1. The lowest BCUT2D eigenvalue weighted by Gasteiger charge is -2.22. The van der Waals surface area contributed by atoms with Gasteiger partial charge in [0.15, 0.2) is 6.23 Å². The number of aromatic nitrogens is 2. The van der Waals surface area contributed by atoms with Gasteiger partial charge >= 0.3 is 19.5 Å². The van der Waals surface area contributed by atoms with E-state index in [4.69, 9.17) is 24.1 Å². The zero-order chi connectivity index (χ0) is 26.4. The van der Waals surface area contributed by atoms with Crippen LogP contribution in [-0.2, 0) is 36.2 Å². The molecule has 0 spiro atoms. The van der Waals surface area contributed by atoms with Gasteiger partial charge in [-0.05, 0) is 11.1 Å². The Hall–Kier alpha value is -3.42. The van der Waals surface area contributed by atoms with Crippen molar-refractivity contribution in [3.8, 4) is 0 Å². The summed E-state index contributed by atoms with van der Waals surface area (Å²) in [6.07, 6.45) is -2.77. The number of nitrogens with two attached hydrogens (primary N) is 1. The molecule has 0 unspecified atom stereocenters. The molecule has 5 N–H and O–H groups in total. The maximum atomic E-state index is 13.4. The number of nitrogens with zero attached hydrogens (tertiary/aromatic N) is 2. The van der Waals surface area contributed by atoms with Crippen molar-refractivity contribution in [3.05, 3.63) is 94.0 Å². The van der Waals surface area contributed by atoms with Gasteiger partial charge in [0.25, 0.3) is 0 Å². The highest BCUT2D eigenvalue weighted by Crippen LogP contribution is 2.50. The highest BCUT2D eigenvalue weighted by Gasteiger charge is 2.39. The number of aliphatic hydroxyl groups excluding tert-OH is 1. The second-order valence-corrected chi connectivity index (χ2v) is 9.62. The number of nitrogen functional groups attached to an aromatic ring is 1. The van der Waals surface area contributed by atoms with Crippen molar-refractivity contribution < 1.29 is 38.0 Å². The second-order valence-electron chi connectivity index (χ2n) is 8.02. The Bertz CT molecular complexity index is 1280. The Morgan fingerprint density at radius 1 is 1.11 bits per heavy atom. The maximum absolute atomic E-state index is 13.4. The third-order valence-corrected chi connectivity index (χ3v) is 6.58. The zero-order valence-electron chi connectivity index (χ0n) is 19.4. The molecule has 13 nitrogen and oxygen atoms in total. The number of hydrogen-bond donors (Lipinski definition) is 4. The molecule has 196 valence electrons. The predicted octanol–water partition coefficient (Wildman–Crippen LogP) is 2.19. The van der Waals surface area contributed by atoms with E-state index in [0.717, 1.165) is 21.9 Å². The summed E-state index contributed by atoms with van der Waals surface area (Å²) in [5, 5.41) is 19.7. The van der Waals surface area contributed by atoms with Crippen LogP contribution < -0.4 is 16.9 Å². The fourth-order valence-corrected chi connectivity index (χ4v) is 4.47. The van der Waals surface area contributed by atoms with Crippen molar-refractivity contribution in [1.82, 2.24) is 15.0 Å². The van der Waals surface area contributed by atoms with Crippen LogP contribution in [0.5, 0.6) is 0 Å². The summed E-state index contributed by atoms with van der Waals surface area (Å²) in [6, 6.07) is 17.9. The van der Waals surface area contributed by atoms with Crippen LogP contribution in [0.25, 0.3) is 0 Å². The molecular formula is C23H25N4O9P. The molecule has 0 amide bonds. The summed E-state index contributed by atoms with van der Waals surface area (Å²) >= 11 is 0. The first-order valence-corrected chi connectivity index (χ1v) is 12.6. The number of nitrogens with one attached hydrogen (secondary N) is 1. The lowest BCUT2D eigenvalue weighted by atomic mass is 10.2. The van der Waals surface area contributed by atoms with Gasteiger partial charge in [-0.15, -0.1) is 0 Å². The van der Waals surface area contributed by atoms with Gasteiger partial charge in [-0.2, -0.15) is 15.1 Å². The average Bonchev–Trinajstić information content (AvgIpc) is 3.26. The van der Waals surface area contributed by atoms with E-state index in [1.54, 1.807) is 48.5 Å². The molecule has 14 heteroatoms. The monoisotopic (exact) mass is 532 g/mol. The van der Waals surface area contributed by atoms with Gasteiger partial charge in [0.2, 0.25) is 0 Å². The van der Waals surface area contributed by atoms with E-state index in [2.05, 4.69) is 10.5 Å². The fourth-order valence-electron chi connectivity index (χ4n) is 3.45. The number of hydrogen-bond acceptors (Lipinski definition) is 11. The zero-order valence-corrected chi connectivity index (χ0v) is 20.3. The Kier molecular flexibility index (Phi) is 8.46. The molecule has 0 radical (unpaired) electrons. The minimum Gasteiger partial charge on any atom is -0.478 e. The quantitative estimate of drug-likeness (QED) is 0.209. The summed E-state index contributed by atoms with van der Waals surface area (Å²) < 4.78 is 36.1. The van der Waals surface area contributed by atoms with Gasteiger partial charge < -0.3 is 20.7 Å². The molecule has 1 aromatic heterocycles. The third kappa shape index (κ3) is 6.87. The summed E-state index contributed by atoms with van der Waals surface area (Å²) in [5.41, 5.74) is 8.01. The largest absolute Gasteiger partial charge is 0.492 e. The Labute approximate surface area is 211 Å². The van der Waals surface area contributed by atoms with Crippen LogP contribution in [0, 0.1) is 0 Å². The van der Waals surface area contributed by atoms with Gasteiger partial charge in [0, 0.05) is 12.6 Å². The number of phosphoric acid groups is 1. The third-order valence-electron chi connectivity index (χ3n) is 5.36. The van der Waals surface area contributed by atoms with Gasteiger partial charge in [-0.25, -0.2) is 14.2 Å². The van der Waals surface area contributed by atoms with Crippen molar-refractivity contribution in [1.29, 1.82) is 0 Å². The van der Waals surface area contributed by atoms with Crippen molar-refractivity contribution in [2.24, 2.45) is 0 Å².